The van der Waals surface area contributed by atoms with Crippen molar-refractivity contribution in [3.63, 3.8) is 0 Å². The fourth-order valence-electron chi connectivity index (χ4n) is 2.49. The van der Waals surface area contributed by atoms with Gasteiger partial charge in [-0.25, -0.2) is 4.79 Å². The van der Waals surface area contributed by atoms with E-state index in [9.17, 15) is 13.8 Å². The molecule has 2 fully saturated rings. The zero-order valence-corrected chi connectivity index (χ0v) is 14.4. The van der Waals surface area contributed by atoms with E-state index in [2.05, 4.69) is 0 Å². The van der Waals surface area contributed by atoms with Gasteiger partial charge in [0.15, 0.2) is 0 Å². The van der Waals surface area contributed by atoms with E-state index in [1.807, 2.05) is 20.8 Å². The Hall–Kier alpha value is -0.910. The van der Waals surface area contributed by atoms with Crippen LogP contribution < -0.4 is 0 Å². The minimum Gasteiger partial charge on any atom is -0.444 e. The molecule has 5 nitrogen and oxygen atoms in total. The number of ether oxygens (including phenoxy) is 1. The molecule has 6 heteroatoms. The van der Waals surface area contributed by atoms with E-state index < -0.39 is 16.4 Å². The van der Waals surface area contributed by atoms with Gasteiger partial charge in [-0.2, -0.15) is 0 Å². The maximum Gasteiger partial charge on any atom is 0.410 e. The SMILES string of the molecule is CC(C)(C)OC(=O)N1CC(C2CC(C=O)C2)C1.CS(C)=O. The van der Waals surface area contributed by atoms with Crippen LogP contribution in [0.15, 0.2) is 0 Å². The van der Waals surface area contributed by atoms with Gasteiger partial charge in [0.25, 0.3) is 0 Å². The van der Waals surface area contributed by atoms with Crippen LogP contribution in [0.4, 0.5) is 4.79 Å². The molecular formula is C15H27NO4S. The molecule has 1 aliphatic carbocycles. The van der Waals surface area contributed by atoms with Crippen LogP contribution in [0.3, 0.4) is 0 Å². The highest BCUT2D eigenvalue weighted by molar-refractivity contribution is 7.83. The molecule has 0 aromatic carbocycles. The summed E-state index contributed by atoms with van der Waals surface area (Å²) in [5, 5.41) is 0. The first-order chi connectivity index (χ1) is 9.62. The van der Waals surface area contributed by atoms with E-state index in [4.69, 9.17) is 4.74 Å². The largest absolute Gasteiger partial charge is 0.444 e. The second-order valence-corrected chi connectivity index (χ2v) is 8.50. The number of aldehydes is 1. The van der Waals surface area contributed by atoms with Gasteiger partial charge in [0.1, 0.15) is 11.9 Å². The van der Waals surface area contributed by atoms with Crippen LogP contribution in [-0.2, 0) is 20.3 Å². The molecule has 0 bridgehead atoms. The first kappa shape index (κ1) is 18.1. The lowest BCUT2D eigenvalue weighted by Gasteiger charge is -2.48. The molecule has 0 atom stereocenters. The molecule has 122 valence electrons. The molecule has 1 amide bonds. The monoisotopic (exact) mass is 317 g/mol. The van der Waals surface area contributed by atoms with E-state index in [0.717, 1.165) is 32.2 Å². The van der Waals surface area contributed by atoms with E-state index >= 15 is 0 Å². The summed E-state index contributed by atoms with van der Waals surface area (Å²) < 4.78 is 14.9. The Balaban J connectivity index is 0.000000491. The average molecular weight is 317 g/mol. The first-order valence-electron chi connectivity index (χ1n) is 7.30. The maximum absolute atomic E-state index is 11.7. The molecule has 0 unspecified atom stereocenters. The van der Waals surface area contributed by atoms with Gasteiger partial charge >= 0.3 is 6.09 Å². The van der Waals surface area contributed by atoms with Gasteiger partial charge in [0.2, 0.25) is 0 Å². The van der Waals surface area contributed by atoms with Gasteiger partial charge in [-0.1, -0.05) is 0 Å². The van der Waals surface area contributed by atoms with E-state index in [1.54, 1.807) is 17.4 Å². The van der Waals surface area contributed by atoms with Gasteiger partial charge in [-0.3, -0.25) is 4.21 Å². The molecule has 0 aromatic heterocycles. The lowest BCUT2D eigenvalue weighted by Crippen LogP contribution is -2.55. The number of hydrogen-bond donors (Lipinski definition) is 0. The third-order valence-corrected chi connectivity index (χ3v) is 3.63. The van der Waals surface area contributed by atoms with Crippen LogP contribution in [0.25, 0.3) is 0 Å². The molecular weight excluding hydrogens is 290 g/mol. The molecule has 21 heavy (non-hydrogen) atoms. The Morgan fingerprint density at radius 1 is 1.19 bits per heavy atom. The number of carbonyl (C=O) groups excluding carboxylic acids is 2. The second-order valence-electron chi connectivity index (χ2n) is 7.01. The summed E-state index contributed by atoms with van der Waals surface area (Å²) in [5.74, 6) is 1.50. The number of carbonyl (C=O) groups is 2. The number of rotatable bonds is 2. The Morgan fingerprint density at radius 3 is 2.05 bits per heavy atom. The fraction of sp³-hybridized carbons (Fsp3) is 0.867. The number of likely N-dealkylation sites (tertiary alicyclic amines) is 1. The van der Waals surface area contributed by atoms with Crippen LogP contribution in [0.5, 0.6) is 0 Å². The molecule has 0 radical (unpaired) electrons. The standard InChI is InChI=1S/C13H21NO3.C2H6OS/c1-13(2,3)17-12(16)14-6-11(7-14)10-4-9(5-10)8-15;1-4(2)3/h8-11H,4-7H2,1-3H3;1-2H3. The minimum absolute atomic E-state index is 0.208. The zero-order chi connectivity index (χ0) is 16.2. The predicted molar refractivity (Wildman–Crippen MR) is 83.6 cm³/mol. The van der Waals surface area contributed by atoms with Crippen molar-refractivity contribution in [2.24, 2.45) is 17.8 Å². The number of hydrogen-bond acceptors (Lipinski definition) is 4. The van der Waals surface area contributed by atoms with E-state index in [-0.39, 0.29) is 12.0 Å². The number of amides is 1. The van der Waals surface area contributed by atoms with Crippen molar-refractivity contribution >= 4 is 23.2 Å². The lowest BCUT2D eigenvalue weighted by atomic mass is 9.67. The highest BCUT2D eigenvalue weighted by atomic mass is 32.2. The van der Waals surface area contributed by atoms with Crippen molar-refractivity contribution in [2.45, 2.75) is 39.2 Å². The summed E-state index contributed by atoms with van der Waals surface area (Å²) in [5.41, 5.74) is -0.415. The van der Waals surface area contributed by atoms with Crippen molar-refractivity contribution in [2.75, 3.05) is 25.6 Å². The van der Waals surface area contributed by atoms with Gasteiger partial charge < -0.3 is 14.4 Å². The van der Waals surface area contributed by atoms with E-state index in [0.29, 0.717) is 11.8 Å². The predicted octanol–water partition coefficient (Wildman–Crippen LogP) is 2.07. The summed E-state index contributed by atoms with van der Waals surface area (Å²) >= 11 is 0. The van der Waals surface area contributed by atoms with Crippen molar-refractivity contribution in [3.8, 4) is 0 Å². The van der Waals surface area contributed by atoms with Gasteiger partial charge in [-0.05, 0) is 45.4 Å². The van der Waals surface area contributed by atoms with Gasteiger partial charge in [0.05, 0.1) is 0 Å². The molecule has 0 spiro atoms. The third-order valence-electron chi connectivity index (χ3n) is 3.63. The quantitative estimate of drug-likeness (QED) is 0.731. The zero-order valence-electron chi connectivity index (χ0n) is 13.6. The average Bonchev–Trinajstić information content (AvgIpc) is 2.15. The minimum atomic E-state index is -0.611. The molecule has 2 aliphatic rings. The normalized spacial score (nSPS) is 25.3. The highest BCUT2D eigenvalue weighted by Crippen LogP contribution is 2.41. The lowest BCUT2D eigenvalue weighted by molar-refractivity contribution is -0.116. The number of nitrogens with zero attached hydrogens (tertiary/aromatic N) is 1. The fourth-order valence-corrected chi connectivity index (χ4v) is 2.49. The van der Waals surface area contributed by atoms with Crippen LogP contribution in [0.2, 0.25) is 0 Å². The Labute approximate surface area is 129 Å². The molecule has 0 aromatic rings. The molecule has 1 heterocycles. The Morgan fingerprint density at radius 2 is 1.67 bits per heavy atom. The summed E-state index contributed by atoms with van der Waals surface area (Å²) in [7, 11) is -0.611. The summed E-state index contributed by atoms with van der Waals surface area (Å²) in [6.45, 7) is 7.23. The van der Waals surface area contributed by atoms with Gasteiger partial charge in [0, 0.05) is 42.3 Å². The summed E-state index contributed by atoms with van der Waals surface area (Å²) in [6.07, 6.45) is 6.15. The van der Waals surface area contributed by atoms with E-state index in [1.165, 1.54) is 0 Å². The van der Waals surface area contributed by atoms with Crippen LogP contribution in [0, 0.1) is 17.8 Å². The topological polar surface area (TPSA) is 63.7 Å². The highest BCUT2D eigenvalue weighted by Gasteiger charge is 2.43. The Bertz CT molecular complexity index is 389. The van der Waals surface area contributed by atoms with Crippen LogP contribution >= 0.6 is 0 Å². The molecule has 2 rings (SSSR count). The van der Waals surface area contributed by atoms with Crippen molar-refractivity contribution in [3.05, 3.63) is 0 Å². The third kappa shape index (κ3) is 6.16. The molecule has 1 aliphatic heterocycles. The van der Waals surface area contributed by atoms with Crippen molar-refractivity contribution in [1.82, 2.24) is 4.90 Å². The summed E-state index contributed by atoms with van der Waals surface area (Å²) in [6, 6.07) is 0. The molecule has 1 saturated carbocycles. The molecule has 0 N–H and O–H groups in total. The van der Waals surface area contributed by atoms with Crippen molar-refractivity contribution < 1.29 is 18.5 Å². The maximum atomic E-state index is 11.7. The van der Waals surface area contributed by atoms with Crippen molar-refractivity contribution in [1.29, 1.82) is 0 Å². The Kier molecular flexibility index (Phi) is 6.38. The summed E-state index contributed by atoms with van der Waals surface area (Å²) in [4.78, 5) is 23.9. The smallest absolute Gasteiger partial charge is 0.410 e. The van der Waals surface area contributed by atoms with Gasteiger partial charge in [-0.15, -0.1) is 0 Å². The first-order valence-corrected chi connectivity index (χ1v) is 9.27. The van der Waals surface area contributed by atoms with Crippen LogP contribution in [0.1, 0.15) is 33.6 Å². The second kappa shape index (κ2) is 7.38. The van der Waals surface area contributed by atoms with Crippen LogP contribution in [-0.4, -0.2) is 52.7 Å². The molecule has 1 saturated heterocycles.